The highest BCUT2D eigenvalue weighted by molar-refractivity contribution is 7.13. The van der Waals surface area contributed by atoms with Crippen molar-refractivity contribution in [3.63, 3.8) is 0 Å². The van der Waals surface area contributed by atoms with E-state index >= 15 is 0 Å². The van der Waals surface area contributed by atoms with Crippen molar-refractivity contribution in [1.82, 2.24) is 4.98 Å². The molecule has 17 heavy (non-hydrogen) atoms. The van der Waals surface area contributed by atoms with Gasteiger partial charge in [-0.25, -0.2) is 9.37 Å². The fraction of sp³-hybridized carbons (Fsp3) is 0.182. The Kier molecular flexibility index (Phi) is 7.30. The van der Waals surface area contributed by atoms with Gasteiger partial charge in [0.25, 0.3) is 0 Å². The maximum atomic E-state index is 12.7. The Morgan fingerprint density at radius 2 is 1.82 bits per heavy atom. The number of hydrogen-bond donors (Lipinski definition) is 1. The predicted octanol–water partition coefficient (Wildman–Crippen LogP) is 3.29. The van der Waals surface area contributed by atoms with Crippen molar-refractivity contribution in [3.8, 4) is 10.6 Å². The van der Waals surface area contributed by atoms with E-state index in [9.17, 15) is 4.39 Å². The van der Waals surface area contributed by atoms with Crippen LogP contribution in [0.1, 0.15) is 5.69 Å². The molecule has 0 spiro atoms. The number of benzene rings is 1. The second kappa shape index (κ2) is 7.61. The third-order valence-corrected chi connectivity index (χ3v) is 2.98. The summed E-state index contributed by atoms with van der Waals surface area (Å²) in [6.45, 7) is 0.604. The highest BCUT2D eigenvalue weighted by Gasteiger charge is 2.03. The number of rotatable bonds is 3. The lowest BCUT2D eigenvalue weighted by Crippen LogP contribution is -2.02. The van der Waals surface area contributed by atoms with Crippen molar-refractivity contribution in [2.45, 2.75) is 6.42 Å². The lowest BCUT2D eigenvalue weighted by molar-refractivity contribution is 0.628. The summed E-state index contributed by atoms with van der Waals surface area (Å²) in [5, 5.41) is 2.91. The molecule has 0 bridgehead atoms. The van der Waals surface area contributed by atoms with E-state index in [1.807, 2.05) is 5.38 Å². The van der Waals surface area contributed by atoms with Gasteiger partial charge in [-0.3, -0.25) is 0 Å². The second-order valence-corrected chi connectivity index (χ2v) is 4.05. The van der Waals surface area contributed by atoms with Crippen LogP contribution < -0.4 is 5.73 Å². The first-order valence-corrected chi connectivity index (χ1v) is 5.58. The Bertz CT molecular complexity index is 445. The zero-order chi connectivity index (χ0) is 10.7. The largest absolute Gasteiger partial charge is 0.330 e. The predicted molar refractivity (Wildman–Crippen MR) is 74.8 cm³/mol. The van der Waals surface area contributed by atoms with E-state index in [1.54, 1.807) is 23.5 Å². The molecule has 0 aliphatic carbocycles. The molecule has 1 heterocycles. The van der Waals surface area contributed by atoms with Gasteiger partial charge in [-0.15, -0.1) is 36.2 Å². The minimum atomic E-state index is -0.225. The molecule has 6 heteroatoms. The molecular weight excluding hydrogens is 282 g/mol. The first kappa shape index (κ1) is 16.3. The Morgan fingerprint density at radius 1 is 1.18 bits per heavy atom. The summed E-state index contributed by atoms with van der Waals surface area (Å²) >= 11 is 1.56. The van der Waals surface area contributed by atoms with Gasteiger partial charge in [0.15, 0.2) is 0 Å². The van der Waals surface area contributed by atoms with Crippen molar-refractivity contribution in [2.75, 3.05) is 6.54 Å². The molecule has 2 rings (SSSR count). The summed E-state index contributed by atoms with van der Waals surface area (Å²) in [6, 6.07) is 6.36. The molecule has 0 amide bonds. The number of nitrogens with two attached hydrogens (primary N) is 1. The van der Waals surface area contributed by atoms with E-state index < -0.39 is 0 Å². The molecule has 0 atom stereocenters. The smallest absolute Gasteiger partial charge is 0.123 e. The van der Waals surface area contributed by atoms with Crippen molar-refractivity contribution < 1.29 is 4.39 Å². The molecule has 1 aromatic carbocycles. The molecule has 2 N–H and O–H groups in total. The third-order valence-electron chi connectivity index (χ3n) is 2.04. The Labute approximate surface area is 116 Å². The number of aromatic nitrogens is 1. The van der Waals surface area contributed by atoms with Crippen LogP contribution in [0.4, 0.5) is 4.39 Å². The Hall–Kier alpha value is -0.680. The zero-order valence-electron chi connectivity index (χ0n) is 8.93. The Morgan fingerprint density at radius 3 is 2.41 bits per heavy atom. The van der Waals surface area contributed by atoms with Gasteiger partial charge >= 0.3 is 0 Å². The van der Waals surface area contributed by atoms with E-state index in [-0.39, 0.29) is 30.6 Å². The van der Waals surface area contributed by atoms with Gasteiger partial charge in [0.05, 0.1) is 5.69 Å². The maximum absolute atomic E-state index is 12.7. The number of halogens is 3. The second-order valence-electron chi connectivity index (χ2n) is 3.19. The van der Waals surface area contributed by atoms with Gasteiger partial charge in [-0.1, -0.05) is 0 Å². The van der Waals surface area contributed by atoms with Gasteiger partial charge in [0.2, 0.25) is 0 Å². The SMILES string of the molecule is Cl.Cl.NCCc1csc(-c2ccc(F)cc2)n1. The fourth-order valence-electron chi connectivity index (χ4n) is 1.29. The molecule has 0 saturated heterocycles. The lowest BCUT2D eigenvalue weighted by Gasteiger charge is -1.95. The van der Waals surface area contributed by atoms with Crippen LogP contribution >= 0.6 is 36.2 Å². The molecular formula is C11H13Cl2FN2S. The molecule has 94 valence electrons. The minimum absolute atomic E-state index is 0. The van der Waals surface area contributed by atoms with E-state index in [2.05, 4.69) is 4.98 Å². The molecule has 0 aliphatic heterocycles. The monoisotopic (exact) mass is 294 g/mol. The normalized spacial score (nSPS) is 9.29. The summed E-state index contributed by atoms with van der Waals surface area (Å²) < 4.78 is 12.7. The first-order valence-electron chi connectivity index (χ1n) is 4.70. The molecule has 0 fully saturated rings. The first-order chi connectivity index (χ1) is 7.29. The molecule has 1 aromatic heterocycles. The standard InChI is InChI=1S/C11H11FN2S.2ClH/c12-9-3-1-8(2-4-9)11-14-10(5-6-13)7-15-11;;/h1-4,7H,5-6,13H2;2*1H. The van der Waals surface area contributed by atoms with Crippen LogP contribution in [0.15, 0.2) is 29.6 Å². The summed E-state index contributed by atoms with van der Waals surface area (Å²) in [7, 11) is 0. The summed E-state index contributed by atoms with van der Waals surface area (Å²) in [6.07, 6.45) is 0.789. The van der Waals surface area contributed by atoms with Crippen molar-refractivity contribution in [2.24, 2.45) is 5.73 Å². The number of nitrogens with zero attached hydrogens (tertiary/aromatic N) is 1. The van der Waals surface area contributed by atoms with E-state index in [0.29, 0.717) is 6.54 Å². The number of hydrogen-bond acceptors (Lipinski definition) is 3. The van der Waals surface area contributed by atoms with Gasteiger partial charge in [0.1, 0.15) is 10.8 Å². The molecule has 0 radical (unpaired) electrons. The van der Waals surface area contributed by atoms with Crippen molar-refractivity contribution in [3.05, 3.63) is 41.2 Å². The molecule has 2 nitrogen and oxygen atoms in total. The molecule has 0 aliphatic rings. The third kappa shape index (κ3) is 4.24. The van der Waals surface area contributed by atoms with Crippen LogP contribution in [0, 0.1) is 5.82 Å². The summed E-state index contributed by atoms with van der Waals surface area (Å²) in [5.41, 5.74) is 7.39. The highest BCUT2D eigenvalue weighted by atomic mass is 35.5. The van der Waals surface area contributed by atoms with Crippen LogP contribution in [0.5, 0.6) is 0 Å². The highest BCUT2D eigenvalue weighted by Crippen LogP contribution is 2.23. The van der Waals surface area contributed by atoms with Crippen molar-refractivity contribution >= 4 is 36.2 Å². The van der Waals surface area contributed by atoms with Gasteiger partial charge < -0.3 is 5.73 Å². The van der Waals surface area contributed by atoms with Crippen LogP contribution in [0.2, 0.25) is 0 Å². The Balaban J connectivity index is 0.00000128. The minimum Gasteiger partial charge on any atom is -0.330 e. The maximum Gasteiger partial charge on any atom is 0.123 e. The van der Waals surface area contributed by atoms with Crippen LogP contribution in [0.3, 0.4) is 0 Å². The van der Waals surface area contributed by atoms with E-state index in [0.717, 1.165) is 22.7 Å². The van der Waals surface area contributed by atoms with Crippen LogP contribution in [-0.4, -0.2) is 11.5 Å². The molecule has 2 aromatic rings. The summed E-state index contributed by atoms with van der Waals surface area (Å²) in [4.78, 5) is 4.42. The van der Waals surface area contributed by atoms with Crippen LogP contribution in [-0.2, 0) is 6.42 Å². The topological polar surface area (TPSA) is 38.9 Å². The van der Waals surface area contributed by atoms with Crippen molar-refractivity contribution in [1.29, 1.82) is 0 Å². The number of thiazole rings is 1. The fourth-order valence-corrected chi connectivity index (χ4v) is 2.16. The quantitative estimate of drug-likeness (QED) is 0.943. The zero-order valence-corrected chi connectivity index (χ0v) is 11.4. The average Bonchev–Trinajstić information content (AvgIpc) is 2.68. The van der Waals surface area contributed by atoms with E-state index in [1.165, 1.54) is 12.1 Å². The van der Waals surface area contributed by atoms with E-state index in [4.69, 9.17) is 5.73 Å². The van der Waals surface area contributed by atoms with Crippen LogP contribution in [0.25, 0.3) is 10.6 Å². The van der Waals surface area contributed by atoms with Gasteiger partial charge in [0, 0.05) is 17.4 Å². The van der Waals surface area contributed by atoms with Gasteiger partial charge in [-0.2, -0.15) is 0 Å². The molecule has 0 saturated carbocycles. The summed E-state index contributed by atoms with van der Waals surface area (Å²) in [5.74, 6) is -0.225. The van der Waals surface area contributed by atoms with Gasteiger partial charge in [-0.05, 0) is 30.8 Å². The average molecular weight is 295 g/mol. The lowest BCUT2D eigenvalue weighted by atomic mass is 10.2. The molecule has 0 unspecified atom stereocenters.